The molecule has 40 heavy (non-hydrogen) atoms. The zero-order valence-corrected chi connectivity index (χ0v) is 23.7. The molecule has 0 atom stereocenters. The summed E-state index contributed by atoms with van der Waals surface area (Å²) in [5.74, 6) is 1.25. The molecule has 0 saturated heterocycles. The van der Waals surface area contributed by atoms with Gasteiger partial charge in [0.1, 0.15) is 11.7 Å². The second kappa shape index (κ2) is 10.6. The fourth-order valence-electron chi connectivity index (χ4n) is 5.87. The van der Waals surface area contributed by atoms with Gasteiger partial charge in [0, 0.05) is 23.4 Å². The van der Waals surface area contributed by atoms with Crippen molar-refractivity contribution in [3.8, 4) is 28.4 Å². The smallest absolute Gasteiger partial charge is 0.408 e. The first kappa shape index (κ1) is 26.4. The first-order chi connectivity index (χ1) is 19.3. The van der Waals surface area contributed by atoms with E-state index in [4.69, 9.17) is 19.4 Å². The molecule has 0 aliphatic heterocycles. The average Bonchev–Trinajstić information content (AvgIpc) is 3.30. The van der Waals surface area contributed by atoms with Gasteiger partial charge in [-0.25, -0.2) is 9.78 Å². The number of hydrogen-bond donors (Lipinski definition) is 1. The first-order valence-electron chi connectivity index (χ1n) is 14.5. The third kappa shape index (κ3) is 5.42. The van der Waals surface area contributed by atoms with Crippen molar-refractivity contribution in [2.75, 3.05) is 0 Å². The van der Waals surface area contributed by atoms with Crippen molar-refractivity contribution in [1.82, 2.24) is 19.7 Å². The van der Waals surface area contributed by atoms with Crippen LogP contribution in [-0.4, -0.2) is 32.2 Å². The van der Waals surface area contributed by atoms with Crippen LogP contribution in [0.2, 0.25) is 0 Å². The van der Waals surface area contributed by atoms with Crippen molar-refractivity contribution in [2.45, 2.75) is 89.4 Å². The summed E-state index contributed by atoms with van der Waals surface area (Å²) in [6.45, 7) is 5.65. The molecule has 4 aromatic rings. The number of imidazole rings is 1. The van der Waals surface area contributed by atoms with E-state index in [1.165, 1.54) is 19.3 Å². The Bertz CT molecular complexity index is 1480. The summed E-state index contributed by atoms with van der Waals surface area (Å²) < 4.78 is 13.9. The standard InChI is InChI=1S/C33H38N4O3/c1-32(2,3)40-31(38)36-33(20-10-21-33)25-17-15-23(16-18-25)28-29(24-11-6-4-7-12-24)37-22-19-27(34-30(37)35-28)39-26-13-8-5-9-14-26/h4,6-7,11-12,15-19,22,26H,5,8-10,13-14,20-21H2,1-3H3,(H,36,38). The number of ether oxygens (including phenoxy) is 2. The number of alkyl carbamates (subject to hydrolysis) is 1. The molecule has 1 N–H and O–H groups in total. The Kier molecular flexibility index (Phi) is 6.99. The number of carbonyl (C=O) groups excluding carboxylic acids is 1. The number of amides is 1. The summed E-state index contributed by atoms with van der Waals surface area (Å²) in [6, 6.07) is 20.7. The van der Waals surface area contributed by atoms with Crippen molar-refractivity contribution in [3.05, 3.63) is 72.4 Å². The SMILES string of the molecule is CC(C)(C)OC(=O)NC1(c2ccc(-c3nc4nc(OC5CCCCC5)ccn4c3-c3ccccc3)cc2)CCC1. The molecule has 2 aliphatic rings. The minimum atomic E-state index is -0.537. The van der Waals surface area contributed by atoms with Crippen LogP contribution >= 0.6 is 0 Å². The molecule has 2 fully saturated rings. The topological polar surface area (TPSA) is 77.8 Å². The highest BCUT2D eigenvalue weighted by molar-refractivity contribution is 5.81. The van der Waals surface area contributed by atoms with Gasteiger partial charge in [-0.2, -0.15) is 4.98 Å². The molecule has 2 saturated carbocycles. The number of aromatic nitrogens is 3. The fraction of sp³-hybridized carbons (Fsp3) is 0.424. The van der Waals surface area contributed by atoms with Crippen molar-refractivity contribution in [2.24, 2.45) is 0 Å². The molecule has 208 valence electrons. The zero-order chi connectivity index (χ0) is 27.7. The van der Waals surface area contributed by atoms with Crippen molar-refractivity contribution in [1.29, 1.82) is 0 Å². The summed E-state index contributed by atoms with van der Waals surface area (Å²) in [6.07, 6.45) is 10.6. The van der Waals surface area contributed by atoms with Crippen molar-refractivity contribution in [3.63, 3.8) is 0 Å². The molecule has 2 aliphatic carbocycles. The van der Waals surface area contributed by atoms with E-state index in [0.29, 0.717) is 11.7 Å². The summed E-state index contributed by atoms with van der Waals surface area (Å²) in [5.41, 5.74) is 4.07. The van der Waals surface area contributed by atoms with Crippen molar-refractivity contribution >= 4 is 11.9 Å². The quantitative estimate of drug-likeness (QED) is 0.272. The Hall–Kier alpha value is -3.87. The molecule has 0 unspecified atom stereocenters. The number of hydrogen-bond acceptors (Lipinski definition) is 5. The van der Waals surface area contributed by atoms with Gasteiger partial charge in [0.2, 0.25) is 11.7 Å². The van der Waals surface area contributed by atoms with E-state index in [1.54, 1.807) is 0 Å². The lowest BCUT2D eigenvalue weighted by molar-refractivity contribution is 0.0377. The zero-order valence-electron chi connectivity index (χ0n) is 23.7. The summed E-state index contributed by atoms with van der Waals surface area (Å²) in [4.78, 5) is 22.4. The molecule has 0 bridgehead atoms. The van der Waals surface area contributed by atoms with Gasteiger partial charge < -0.3 is 14.8 Å². The summed E-state index contributed by atoms with van der Waals surface area (Å²) >= 11 is 0. The second-order valence-corrected chi connectivity index (χ2v) is 12.1. The van der Waals surface area contributed by atoms with E-state index in [1.807, 2.05) is 55.6 Å². The Labute approximate surface area is 236 Å². The highest BCUT2D eigenvalue weighted by atomic mass is 16.6. The molecule has 7 heteroatoms. The van der Waals surface area contributed by atoms with Gasteiger partial charge in [0.05, 0.1) is 16.9 Å². The lowest BCUT2D eigenvalue weighted by Gasteiger charge is -2.43. The lowest BCUT2D eigenvalue weighted by atomic mass is 9.71. The molecular weight excluding hydrogens is 500 g/mol. The van der Waals surface area contributed by atoms with Crippen LogP contribution in [0.4, 0.5) is 4.79 Å². The highest BCUT2D eigenvalue weighted by Gasteiger charge is 2.41. The molecule has 0 radical (unpaired) electrons. The number of benzene rings is 2. The minimum absolute atomic E-state index is 0.229. The van der Waals surface area contributed by atoms with E-state index in [0.717, 1.165) is 60.2 Å². The van der Waals surface area contributed by atoms with Crippen LogP contribution in [0.25, 0.3) is 28.3 Å². The maximum atomic E-state index is 12.6. The Morgan fingerprint density at radius 3 is 2.27 bits per heavy atom. The Morgan fingerprint density at radius 2 is 1.62 bits per heavy atom. The number of fused-ring (bicyclic) bond motifs is 1. The van der Waals surface area contributed by atoms with Gasteiger partial charge in [-0.05, 0) is 71.3 Å². The monoisotopic (exact) mass is 538 g/mol. The maximum absolute atomic E-state index is 12.6. The Morgan fingerprint density at radius 1 is 0.900 bits per heavy atom. The van der Waals surface area contributed by atoms with Crippen LogP contribution in [-0.2, 0) is 10.3 Å². The first-order valence-corrected chi connectivity index (χ1v) is 14.5. The summed E-state index contributed by atoms with van der Waals surface area (Å²) in [5, 5.41) is 3.16. The summed E-state index contributed by atoms with van der Waals surface area (Å²) in [7, 11) is 0. The molecule has 2 aromatic carbocycles. The van der Waals surface area contributed by atoms with Gasteiger partial charge >= 0.3 is 6.09 Å². The van der Waals surface area contributed by atoms with Gasteiger partial charge in [-0.15, -0.1) is 0 Å². The van der Waals surface area contributed by atoms with Gasteiger partial charge in [-0.1, -0.05) is 61.0 Å². The van der Waals surface area contributed by atoms with Crippen LogP contribution in [0.1, 0.15) is 77.7 Å². The normalized spacial score (nSPS) is 17.3. The third-order valence-electron chi connectivity index (χ3n) is 8.01. The van der Waals surface area contributed by atoms with Gasteiger partial charge in [0.25, 0.3) is 0 Å². The van der Waals surface area contributed by atoms with E-state index >= 15 is 0 Å². The molecule has 7 nitrogen and oxygen atoms in total. The van der Waals surface area contributed by atoms with E-state index in [-0.39, 0.29) is 12.2 Å². The number of rotatable bonds is 6. The molecule has 6 rings (SSSR count). The predicted octanol–water partition coefficient (Wildman–Crippen LogP) is 7.68. The molecule has 2 aromatic heterocycles. The van der Waals surface area contributed by atoms with E-state index < -0.39 is 11.1 Å². The largest absolute Gasteiger partial charge is 0.474 e. The third-order valence-corrected chi connectivity index (χ3v) is 8.01. The number of nitrogens with one attached hydrogen (secondary N) is 1. The van der Waals surface area contributed by atoms with E-state index in [9.17, 15) is 4.79 Å². The van der Waals surface area contributed by atoms with Crippen LogP contribution in [0.5, 0.6) is 5.88 Å². The van der Waals surface area contributed by atoms with Crippen LogP contribution in [0, 0.1) is 0 Å². The minimum Gasteiger partial charge on any atom is -0.474 e. The maximum Gasteiger partial charge on any atom is 0.408 e. The number of carbonyl (C=O) groups is 1. The molecule has 0 spiro atoms. The number of nitrogens with zero attached hydrogens (tertiary/aromatic N) is 3. The predicted molar refractivity (Wildman–Crippen MR) is 156 cm³/mol. The fourth-order valence-corrected chi connectivity index (χ4v) is 5.87. The highest BCUT2D eigenvalue weighted by Crippen LogP contribution is 2.42. The molecule has 2 heterocycles. The second-order valence-electron chi connectivity index (χ2n) is 12.1. The molecule has 1 amide bonds. The molecular formula is C33H38N4O3. The van der Waals surface area contributed by atoms with Gasteiger partial charge in [-0.3, -0.25) is 4.40 Å². The van der Waals surface area contributed by atoms with Crippen LogP contribution in [0.15, 0.2) is 66.9 Å². The Balaban J connectivity index is 1.33. The van der Waals surface area contributed by atoms with Crippen molar-refractivity contribution < 1.29 is 14.3 Å². The lowest BCUT2D eigenvalue weighted by Crippen LogP contribution is -2.52. The van der Waals surface area contributed by atoms with E-state index in [2.05, 4.69) is 41.7 Å². The van der Waals surface area contributed by atoms with Gasteiger partial charge in [0.15, 0.2) is 0 Å². The average molecular weight is 539 g/mol. The van der Waals surface area contributed by atoms with Crippen LogP contribution in [0.3, 0.4) is 0 Å². The van der Waals surface area contributed by atoms with Crippen LogP contribution < -0.4 is 10.1 Å².